The van der Waals surface area contributed by atoms with Crippen molar-refractivity contribution in [2.75, 3.05) is 41.4 Å². The number of amidine groups is 1. The van der Waals surface area contributed by atoms with E-state index >= 15 is 0 Å². The highest BCUT2D eigenvalue weighted by molar-refractivity contribution is 8.15. The first-order valence-corrected chi connectivity index (χ1v) is 13.9. The molecule has 2 atom stereocenters. The van der Waals surface area contributed by atoms with Gasteiger partial charge in [-0.2, -0.15) is 0 Å². The van der Waals surface area contributed by atoms with Gasteiger partial charge in [0.1, 0.15) is 0 Å². The number of anilines is 2. The second-order valence-corrected chi connectivity index (χ2v) is 11.8. The molecule has 0 radical (unpaired) electrons. The van der Waals surface area contributed by atoms with Gasteiger partial charge >= 0.3 is 0 Å². The zero-order chi connectivity index (χ0) is 23.4. The van der Waals surface area contributed by atoms with Crippen molar-refractivity contribution in [3.63, 3.8) is 0 Å². The zero-order valence-corrected chi connectivity index (χ0v) is 20.6. The third-order valence-corrected chi connectivity index (χ3v) is 9.00. The van der Waals surface area contributed by atoms with Gasteiger partial charge in [0.15, 0.2) is 15.0 Å². The number of nitrogens with zero attached hydrogens (tertiary/aromatic N) is 2. The van der Waals surface area contributed by atoms with Crippen molar-refractivity contribution in [2.24, 2.45) is 4.99 Å². The van der Waals surface area contributed by atoms with E-state index in [1.807, 2.05) is 12.1 Å². The van der Waals surface area contributed by atoms with Gasteiger partial charge in [0.05, 0.1) is 17.5 Å². The van der Waals surface area contributed by atoms with Crippen molar-refractivity contribution >= 4 is 44.0 Å². The standard InChI is InChI=1S/C24H30N4O3S2/c1-3-28(20-7-4-6-17(2)14-20)13-5-12-25-23(29)18-8-10-19(11-9-18)26-24-27-21-15-33(30,31)16-22(21)32-24/h4,6-11,14,21-22H,3,5,12-13,15-16H2,1-2H3,(H,25,29)(H,26,27)/t21-,22+/m1/s1. The summed E-state index contributed by atoms with van der Waals surface area (Å²) in [6.07, 6.45) is 0.863. The molecule has 2 N–H and O–H groups in total. The Kier molecular flexibility index (Phi) is 7.29. The monoisotopic (exact) mass is 486 g/mol. The van der Waals surface area contributed by atoms with Crippen LogP contribution in [0.15, 0.2) is 53.5 Å². The van der Waals surface area contributed by atoms with Gasteiger partial charge in [-0.3, -0.25) is 9.79 Å². The number of carbonyl (C=O) groups excluding carboxylic acids is 1. The maximum absolute atomic E-state index is 12.5. The molecule has 9 heteroatoms. The molecular weight excluding hydrogens is 456 g/mol. The number of sulfone groups is 1. The lowest BCUT2D eigenvalue weighted by atomic mass is 10.2. The van der Waals surface area contributed by atoms with E-state index in [2.05, 4.69) is 58.6 Å². The van der Waals surface area contributed by atoms with E-state index in [1.54, 1.807) is 12.1 Å². The summed E-state index contributed by atoms with van der Waals surface area (Å²) in [4.78, 5) is 19.3. The molecular formula is C24H30N4O3S2. The maximum Gasteiger partial charge on any atom is 0.251 e. The molecule has 33 heavy (non-hydrogen) atoms. The van der Waals surface area contributed by atoms with Crippen LogP contribution in [0.2, 0.25) is 0 Å². The minimum absolute atomic E-state index is 0.0112. The minimum Gasteiger partial charge on any atom is -0.372 e. The molecule has 2 heterocycles. The number of aryl methyl sites for hydroxylation is 1. The second kappa shape index (κ2) is 10.2. The Labute approximate surface area is 200 Å². The van der Waals surface area contributed by atoms with Crippen LogP contribution in [0.1, 0.15) is 29.3 Å². The predicted molar refractivity (Wildman–Crippen MR) is 137 cm³/mol. The molecule has 2 aliphatic rings. The van der Waals surface area contributed by atoms with Gasteiger partial charge in [-0.05, 0) is 62.2 Å². The lowest BCUT2D eigenvalue weighted by Crippen LogP contribution is -2.30. The van der Waals surface area contributed by atoms with E-state index in [9.17, 15) is 13.2 Å². The normalized spacial score (nSPS) is 20.7. The van der Waals surface area contributed by atoms with E-state index in [4.69, 9.17) is 0 Å². The predicted octanol–water partition coefficient (Wildman–Crippen LogP) is 3.32. The Morgan fingerprint density at radius 2 is 1.97 bits per heavy atom. The molecule has 0 saturated carbocycles. The van der Waals surface area contributed by atoms with Crippen molar-refractivity contribution in [3.8, 4) is 0 Å². The first-order chi connectivity index (χ1) is 15.8. The van der Waals surface area contributed by atoms with E-state index in [-0.39, 0.29) is 28.7 Å². The number of hydrogen-bond acceptors (Lipinski definition) is 7. The summed E-state index contributed by atoms with van der Waals surface area (Å²) in [6, 6.07) is 15.6. The van der Waals surface area contributed by atoms with Gasteiger partial charge in [-0.15, -0.1) is 0 Å². The number of fused-ring (bicyclic) bond motifs is 1. The zero-order valence-electron chi connectivity index (χ0n) is 19.0. The SMILES string of the molecule is CCN(CCCNC(=O)c1ccc(NC2=N[C@@H]3CS(=O)(=O)C[C@@H]3S2)cc1)c1cccc(C)c1. The summed E-state index contributed by atoms with van der Waals surface area (Å²) in [5.74, 6) is 0.236. The molecule has 0 aromatic heterocycles. The Bertz CT molecular complexity index is 1130. The number of nitrogens with one attached hydrogen (secondary N) is 2. The number of thioether (sulfide) groups is 1. The van der Waals surface area contributed by atoms with Crippen molar-refractivity contribution in [1.29, 1.82) is 0 Å². The number of aliphatic imine (C=N–C) groups is 1. The van der Waals surface area contributed by atoms with Gasteiger partial charge in [0.25, 0.3) is 5.91 Å². The van der Waals surface area contributed by atoms with Gasteiger partial charge in [0.2, 0.25) is 0 Å². The summed E-state index contributed by atoms with van der Waals surface area (Å²) in [5.41, 5.74) is 3.89. The molecule has 2 aliphatic heterocycles. The smallest absolute Gasteiger partial charge is 0.251 e. The number of hydrogen-bond donors (Lipinski definition) is 2. The fourth-order valence-corrected chi connectivity index (χ4v) is 7.79. The molecule has 2 aromatic carbocycles. The van der Waals surface area contributed by atoms with Gasteiger partial charge in [-0.1, -0.05) is 23.9 Å². The molecule has 0 aliphatic carbocycles. The lowest BCUT2D eigenvalue weighted by molar-refractivity contribution is 0.0953. The highest BCUT2D eigenvalue weighted by atomic mass is 32.2. The third-order valence-electron chi connectivity index (χ3n) is 5.86. The molecule has 176 valence electrons. The largest absolute Gasteiger partial charge is 0.372 e. The number of rotatable bonds is 8. The van der Waals surface area contributed by atoms with Crippen LogP contribution in [0.4, 0.5) is 11.4 Å². The lowest BCUT2D eigenvalue weighted by Gasteiger charge is -2.23. The Morgan fingerprint density at radius 3 is 2.67 bits per heavy atom. The van der Waals surface area contributed by atoms with Crippen LogP contribution in [0.5, 0.6) is 0 Å². The minimum atomic E-state index is -2.95. The highest BCUT2D eigenvalue weighted by Crippen LogP contribution is 2.34. The van der Waals surface area contributed by atoms with Crippen molar-refractivity contribution in [1.82, 2.24) is 5.32 Å². The van der Waals surface area contributed by atoms with Crippen molar-refractivity contribution in [2.45, 2.75) is 31.6 Å². The highest BCUT2D eigenvalue weighted by Gasteiger charge is 2.42. The van der Waals surface area contributed by atoms with E-state index in [0.29, 0.717) is 12.1 Å². The molecule has 7 nitrogen and oxygen atoms in total. The number of amides is 1. The average Bonchev–Trinajstić information content (AvgIpc) is 3.26. The Morgan fingerprint density at radius 1 is 1.18 bits per heavy atom. The van der Waals surface area contributed by atoms with E-state index in [0.717, 1.165) is 30.4 Å². The summed E-state index contributed by atoms with van der Waals surface area (Å²) in [7, 11) is -2.95. The summed E-state index contributed by atoms with van der Waals surface area (Å²) >= 11 is 1.48. The fraction of sp³-hybridized carbons (Fsp3) is 0.417. The van der Waals surface area contributed by atoms with Crippen molar-refractivity contribution < 1.29 is 13.2 Å². The van der Waals surface area contributed by atoms with Crippen molar-refractivity contribution in [3.05, 3.63) is 59.7 Å². The second-order valence-electron chi connectivity index (χ2n) is 8.47. The summed E-state index contributed by atoms with van der Waals surface area (Å²) < 4.78 is 23.4. The molecule has 1 saturated heterocycles. The number of benzene rings is 2. The Hall–Kier alpha value is -2.52. The molecule has 0 unspecified atom stereocenters. The van der Waals surface area contributed by atoms with Crippen LogP contribution >= 0.6 is 11.8 Å². The van der Waals surface area contributed by atoms with Crippen LogP contribution in [0.3, 0.4) is 0 Å². The fourth-order valence-electron chi connectivity index (χ4n) is 4.11. The van der Waals surface area contributed by atoms with Gasteiger partial charge in [-0.25, -0.2) is 8.42 Å². The van der Waals surface area contributed by atoms with Crippen LogP contribution in [0.25, 0.3) is 0 Å². The molecule has 1 fully saturated rings. The third kappa shape index (κ3) is 6.09. The van der Waals surface area contributed by atoms with Gasteiger partial charge in [0, 0.05) is 41.8 Å². The Balaban J connectivity index is 1.23. The van der Waals surface area contributed by atoms with Crippen LogP contribution in [-0.4, -0.2) is 61.9 Å². The summed E-state index contributed by atoms with van der Waals surface area (Å²) in [6.45, 7) is 6.65. The average molecular weight is 487 g/mol. The van der Waals surface area contributed by atoms with E-state index < -0.39 is 9.84 Å². The number of carbonyl (C=O) groups is 1. The van der Waals surface area contributed by atoms with Crippen LogP contribution in [0, 0.1) is 6.92 Å². The molecule has 1 amide bonds. The topological polar surface area (TPSA) is 90.9 Å². The van der Waals surface area contributed by atoms with Crippen LogP contribution < -0.4 is 15.5 Å². The molecule has 2 aromatic rings. The molecule has 0 spiro atoms. The van der Waals surface area contributed by atoms with E-state index in [1.165, 1.54) is 23.0 Å². The maximum atomic E-state index is 12.5. The first-order valence-electron chi connectivity index (χ1n) is 11.2. The van der Waals surface area contributed by atoms with Crippen LogP contribution in [-0.2, 0) is 9.84 Å². The molecule has 0 bridgehead atoms. The quantitative estimate of drug-likeness (QED) is 0.557. The van der Waals surface area contributed by atoms with Gasteiger partial charge < -0.3 is 15.5 Å². The summed E-state index contributed by atoms with van der Waals surface area (Å²) in [5, 5.41) is 6.99. The molecule has 4 rings (SSSR count). The first kappa shape index (κ1) is 23.6.